The second kappa shape index (κ2) is 13.3. The van der Waals surface area contributed by atoms with Crippen molar-refractivity contribution < 1.29 is 14.3 Å². The average Bonchev–Trinajstić information content (AvgIpc) is 3.66. The predicted octanol–water partition coefficient (Wildman–Crippen LogP) is 4.22. The van der Waals surface area contributed by atoms with Crippen LogP contribution < -0.4 is 10.6 Å². The highest BCUT2D eigenvalue weighted by molar-refractivity contribution is 6.07. The molecule has 9 heteroatoms. The Morgan fingerprint density at radius 2 is 1.97 bits per heavy atom. The second-order valence-corrected chi connectivity index (χ2v) is 10.4. The summed E-state index contributed by atoms with van der Waals surface area (Å²) in [6.07, 6.45) is 8.75. The second-order valence-electron chi connectivity index (χ2n) is 10.4. The van der Waals surface area contributed by atoms with Gasteiger partial charge in [0.1, 0.15) is 5.84 Å². The largest absolute Gasteiger partial charge is 0.379 e. The van der Waals surface area contributed by atoms with Crippen LogP contribution in [0.2, 0.25) is 0 Å². The molecule has 0 radical (unpaired) electrons. The zero-order chi connectivity index (χ0) is 27.8. The number of ether oxygens (including phenoxy) is 1. The molecule has 4 rings (SSSR count). The van der Waals surface area contributed by atoms with Crippen molar-refractivity contribution in [3.63, 3.8) is 0 Å². The first-order valence-corrected chi connectivity index (χ1v) is 13.5. The Hall–Kier alpha value is -3.82. The molecule has 1 aromatic carbocycles. The molecule has 0 bridgehead atoms. The van der Waals surface area contributed by atoms with E-state index in [-0.39, 0.29) is 29.5 Å². The zero-order valence-corrected chi connectivity index (χ0v) is 22.7. The predicted molar refractivity (Wildman–Crippen MR) is 154 cm³/mol. The summed E-state index contributed by atoms with van der Waals surface area (Å²) in [6.45, 7) is 11.9. The van der Waals surface area contributed by atoms with Crippen molar-refractivity contribution >= 4 is 29.0 Å². The maximum Gasteiger partial charge on any atom is 0.249 e. The van der Waals surface area contributed by atoms with Crippen LogP contribution in [0.25, 0.3) is 5.57 Å². The van der Waals surface area contributed by atoms with Crippen LogP contribution in [-0.2, 0) is 14.3 Å². The number of nitrogens with zero attached hydrogens (tertiary/aromatic N) is 2. The summed E-state index contributed by atoms with van der Waals surface area (Å²) in [4.78, 5) is 27.6. The fourth-order valence-electron chi connectivity index (χ4n) is 4.57. The number of carbonyl (C=O) groups is 2. The van der Waals surface area contributed by atoms with Gasteiger partial charge in [-0.25, -0.2) is 0 Å². The minimum absolute atomic E-state index is 0.0302. The molecule has 9 nitrogen and oxygen atoms in total. The number of hydrogen-bond acceptors (Lipinski definition) is 6. The number of aromatic nitrogens is 2. The fourth-order valence-corrected chi connectivity index (χ4v) is 4.57. The van der Waals surface area contributed by atoms with Gasteiger partial charge in [0.25, 0.3) is 0 Å². The van der Waals surface area contributed by atoms with Crippen molar-refractivity contribution in [2.45, 2.75) is 38.5 Å². The number of H-pyrrole nitrogens is 1. The van der Waals surface area contributed by atoms with Crippen LogP contribution in [0.3, 0.4) is 0 Å². The van der Waals surface area contributed by atoms with Crippen LogP contribution in [0.1, 0.15) is 55.3 Å². The number of benzene rings is 1. The van der Waals surface area contributed by atoms with E-state index in [2.05, 4.69) is 32.3 Å². The van der Waals surface area contributed by atoms with Crippen LogP contribution in [0, 0.1) is 11.3 Å². The summed E-state index contributed by atoms with van der Waals surface area (Å²) in [7, 11) is 0. The number of nitrogens with one attached hydrogen (secondary N) is 4. The molecule has 39 heavy (non-hydrogen) atoms. The first-order valence-electron chi connectivity index (χ1n) is 13.5. The van der Waals surface area contributed by atoms with Gasteiger partial charge in [-0.2, -0.15) is 5.10 Å². The Labute approximate surface area is 229 Å². The van der Waals surface area contributed by atoms with Gasteiger partial charge in [-0.05, 0) is 41.5 Å². The van der Waals surface area contributed by atoms with E-state index in [4.69, 9.17) is 10.1 Å². The molecule has 2 fully saturated rings. The number of allylic oxidation sites excluding steroid dienone is 2. The average molecular weight is 531 g/mol. The minimum Gasteiger partial charge on any atom is -0.379 e. The SMILES string of the molecule is C=C(/C=C\C(=N)NC(=O)/C=C/CN1CCOCC1)c1cccc([C@@H](C(=O)Nc2cc(C3CC3)[nH]n2)C(C)C)c1. The smallest absolute Gasteiger partial charge is 0.249 e. The molecular weight excluding hydrogens is 492 g/mol. The van der Waals surface area contributed by atoms with Crippen molar-refractivity contribution in [1.29, 1.82) is 5.41 Å². The van der Waals surface area contributed by atoms with Crippen molar-refractivity contribution in [1.82, 2.24) is 20.4 Å². The topological polar surface area (TPSA) is 123 Å². The lowest BCUT2D eigenvalue weighted by atomic mass is 9.86. The molecule has 1 atom stereocenters. The molecule has 1 aromatic heterocycles. The number of rotatable bonds is 11. The molecule has 2 heterocycles. The van der Waals surface area contributed by atoms with Gasteiger partial charge in [-0.15, -0.1) is 0 Å². The van der Waals surface area contributed by atoms with Gasteiger partial charge in [0.2, 0.25) is 11.8 Å². The van der Waals surface area contributed by atoms with E-state index in [1.165, 1.54) is 12.2 Å². The number of aromatic amines is 1. The molecular formula is C30H38N6O3. The van der Waals surface area contributed by atoms with E-state index in [0.29, 0.717) is 37.1 Å². The molecule has 4 N–H and O–H groups in total. The van der Waals surface area contributed by atoms with E-state index in [1.54, 1.807) is 12.2 Å². The number of carbonyl (C=O) groups excluding carboxylic acids is 2. The van der Waals surface area contributed by atoms with Gasteiger partial charge in [0, 0.05) is 43.4 Å². The van der Waals surface area contributed by atoms with Crippen molar-refractivity contribution in [3.8, 4) is 0 Å². The lowest BCUT2D eigenvalue weighted by Gasteiger charge is -2.24. The van der Waals surface area contributed by atoms with Crippen molar-refractivity contribution in [2.24, 2.45) is 5.92 Å². The molecule has 0 unspecified atom stereocenters. The van der Waals surface area contributed by atoms with Gasteiger partial charge in [-0.1, -0.05) is 56.8 Å². The van der Waals surface area contributed by atoms with Crippen LogP contribution in [0.5, 0.6) is 0 Å². The van der Waals surface area contributed by atoms with Gasteiger partial charge in [0.05, 0.1) is 19.1 Å². The Balaban J connectivity index is 1.32. The monoisotopic (exact) mass is 530 g/mol. The highest BCUT2D eigenvalue weighted by atomic mass is 16.5. The van der Waals surface area contributed by atoms with Crippen LogP contribution >= 0.6 is 0 Å². The van der Waals surface area contributed by atoms with Gasteiger partial charge in [-0.3, -0.25) is 25.0 Å². The molecule has 206 valence electrons. The number of amidine groups is 1. The minimum atomic E-state index is -0.371. The quantitative estimate of drug-likeness (QED) is 0.150. The summed E-state index contributed by atoms with van der Waals surface area (Å²) in [5, 5.41) is 20.9. The first-order chi connectivity index (χ1) is 18.8. The summed E-state index contributed by atoms with van der Waals surface area (Å²) in [5.74, 6) is 0.285. The van der Waals surface area contributed by atoms with Crippen LogP contribution in [-0.4, -0.2) is 65.6 Å². The Kier molecular flexibility index (Phi) is 9.62. The zero-order valence-electron chi connectivity index (χ0n) is 22.7. The highest BCUT2D eigenvalue weighted by Gasteiger charge is 2.28. The Bertz CT molecular complexity index is 1250. The third kappa shape index (κ3) is 8.33. The third-order valence-corrected chi connectivity index (χ3v) is 6.88. The molecule has 0 spiro atoms. The number of anilines is 1. The number of morpholine rings is 1. The molecule has 1 aliphatic carbocycles. The van der Waals surface area contributed by atoms with Crippen LogP contribution in [0.15, 0.2) is 61.2 Å². The maximum atomic E-state index is 13.2. The van der Waals surface area contributed by atoms with Crippen molar-refractivity contribution in [3.05, 3.63) is 78.0 Å². The molecule has 2 aromatic rings. The molecule has 2 aliphatic rings. The van der Waals surface area contributed by atoms with Gasteiger partial charge >= 0.3 is 0 Å². The first kappa shape index (κ1) is 28.2. The third-order valence-electron chi connectivity index (χ3n) is 6.88. The van der Waals surface area contributed by atoms with E-state index in [1.807, 2.05) is 44.2 Å². The Morgan fingerprint density at radius 3 is 2.69 bits per heavy atom. The summed E-state index contributed by atoms with van der Waals surface area (Å²) in [5.41, 5.74) is 3.45. The molecule has 1 saturated carbocycles. The molecule has 2 amide bonds. The van der Waals surface area contributed by atoms with Crippen molar-refractivity contribution in [2.75, 3.05) is 38.2 Å². The van der Waals surface area contributed by atoms with Crippen LogP contribution in [0.4, 0.5) is 5.82 Å². The fraction of sp³-hybridized carbons (Fsp3) is 0.400. The van der Waals surface area contributed by atoms with Gasteiger partial charge < -0.3 is 15.4 Å². The number of amides is 2. The van der Waals surface area contributed by atoms with Gasteiger partial charge in [0.15, 0.2) is 5.82 Å². The molecule has 1 saturated heterocycles. The highest BCUT2D eigenvalue weighted by Crippen LogP contribution is 2.39. The van der Waals surface area contributed by atoms with E-state index in [9.17, 15) is 9.59 Å². The summed E-state index contributed by atoms with van der Waals surface area (Å²) < 4.78 is 5.32. The normalized spacial score (nSPS) is 17.0. The standard InChI is InChI=1S/C30H38N6O3/c1-20(2)29(30(38)33-27-19-25(34-35-27)22-10-11-22)24-7-4-6-23(18-24)21(3)9-12-26(31)32-28(37)8-5-13-36-14-16-39-17-15-36/h4-9,12,18-20,22,29H,3,10-11,13-17H2,1-2H3,(H2,31,32,37)(H2,33,34,35,38)/b8-5+,12-9-/t29-/m0/s1. The molecule has 1 aliphatic heterocycles. The van der Waals surface area contributed by atoms with E-state index < -0.39 is 0 Å². The maximum absolute atomic E-state index is 13.2. The van der Waals surface area contributed by atoms with E-state index in [0.717, 1.165) is 42.8 Å². The summed E-state index contributed by atoms with van der Waals surface area (Å²) >= 11 is 0. The van der Waals surface area contributed by atoms with E-state index >= 15 is 0 Å². The Morgan fingerprint density at radius 1 is 1.21 bits per heavy atom. The lowest BCUT2D eigenvalue weighted by molar-refractivity contribution is -0.118. The summed E-state index contributed by atoms with van der Waals surface area (Å²) in [6, 6.07) is 9.63. The number of hydrogen-bond donors (Lipinski definition) is 4. The lowest BCUT2D eigenvalue weighted by Crippen LogP contribution is -2.36.